The van der Waals surface area contributed by atoms with E-state index in [-0.39, 0.29) is 16.9 Å². The summed E-state index contributed by atoms with van der Waals surface area (Å²) in [5.41, 5.74) is 5.11. The average Bonchev–Trinajstić information content (AvgIpc) is 3.04. The first-order valence-electron chi connectivity index (χ1n) is 15.0. The van der Waals surface area contributed by atoms with Gasteiger partial charge in [-0.3, -0.25) is 4.79 Å². The van der Waals surface area contributed by atoms with Crippen LogP contribution >= 0.6 is 0 Å². The average molecular weight is 612 g/mol. The number of nitrogens with zero attached hydrogens (tertiary/aromatic N) is 2. The van der Waals surface area contributed by atoms with E-state index >= 15 is 0 Å². The summed E-state index contributed by atoms with van der Waals surface area (Å²) in [6.07, 6.45) is 11.2. The van der Waals surface area contributed by atoms with Crippen LogP contribution in [0.1, 0.15) is 66.4 Å². The fraction of sp³-hybridized carbons (Fsp3) is 0.314. The molecule has 1 fully saturated rings. The normalized spacial score (nSPS) is 17.5. The number of carbonyl (C=O) groups excluding carboxylic acids is 1. The van der Waals surface area contributed by atoms with E-state index in [9.17, 15) is 23.1 Å². The summed E-state index contributed by atoms with van der Waals surface area (Å²) >= 11 is 0. The molecule has 0 unspecified atom stereocenters. The maximum atomic E-state index is 12.6. The van der Waals surface area contributed by atoms with E-state index < -0.39 is 27.8 Å². The Labute approximate surface area is 258 Å². The van der Waals surface area contributed by atoms with Crippen molar-refractivity contribution in [1.29, 1.82) is 0 Å². The molecule has 4 aromatic rings. The molecular weight excluding hydrogens is 574 g/mol. The number of sulfone groups is 1. The molecule has 3 aromatic carbocycles. The molecular formula is C35H37N3O5S. The Hall–Kier alpha value is -4.37. The van der Waals surface area contributed by atoms with Crippen molar-refractivity contribution in [3.63, 3.8) is 0 Å². The van der Waals surface area contributed by atoms with Gasteiger partial charge in [-0.05, 0) is 78.5 Å². The number of carboxylic acid groups (broad SMARTS) is 1. The van der Waals surface area contributed by atoms with Crippen molar-refractivity contribution >= 4 is 21.7 Å². The SMILES string of the molecule is CCC1CCC(c2ccc(-c3cnc(-c4ccc(C[C@H](NC(=O)c5ccc(S(C)(=O)=O)cc5)C(=O)O)cc4)nc3)cc2)CC1. The van der Waals surface area contributed by atoms with Gasteiger partial charge in [-0.2, -0.15) is 0 Å². The molecule has 0 spiro atoms. The Balaban J connectivity index is 1.20. The van der Waals surface area contributed by atoms with E-state index in [0.717, 1.165) is 28.9 Å². The summed E-state index contributed by atoms with van der Waals surface area (Å²) in [4.78, 5) is 33.8. The molecule has 0 saturated heterocycles. The molecule has 9 heteroatoms. The third-order valence-electron chi connectivity index (χ3n) is 8.59. The summed E-state index contributed by atoms with van der Waals surface area (Å²) in [6.45, 7) is 2.29. The van der Waals surface area contributed by atoms with Gasteiger partial charge in [-0.15, -0.1) is 0 Å². The molecule has 1 aliphatic rings. The van der Waals surface area contributed by atoms with Gasteiger partial charge in [-0.25, -0.2) is 23.2 Å². The van der Waals surface area contributed by atoms with E-state index in [2.05, 4.69) is 46.5 Å². The van der Waals surface area contributed by atoms with Crippen LogP contribution in [0, 0.1) is 5.92 Å². The number of hydrogen-bond acceptors (Lipinski definition) is 6. The van der Waals surface area contributed by atoms with Gasteiger partial charge in [0.15, 0.2) is 15.7 Å². The Morgan fingerprint density at radius 1 is 0.841 bits per heavy atom. The van der Waals surface area contributed by atoms with Crippen LogP contribution in [-0.4, -0.2) is 47.7 Å². The minimum absolute atomic E-state index is 0.0681. The number of carbonyl (C=O) groups is 2. The van der Waals surface area contributed by atoms with Crippen molar-refractivity contribution in [2.45, 2.75) is 62.3 Å². The van der Waals surface area contributed by atoms with Gasteiger partial charge in [0.1, 0.15) is 6.04 Å². The van der Waals surface area contributed by atoms with Crippen LogP contribution in [0.25, 0.3) is 22.5 Å². The van der Waals surface area contributed by atoms with E-state index in [1.807, 2.05) is 24.5 Å². The van der Waals surface area contributed by atoms with E-state index in [4.69, 9.17) is 0 Å². The molecule has 0 aliphatic heterocycles. The van der Waals surface area contributed by atoms with Gasteiger partial charge in [0, 0.05) is 41.8 Å². The number of amides is 1. The van der Waals surface area contributed by atoms with Crippen molar-refractivity contribution < 1.29 is 23.1 Å². The van der Waals surface area contributed by atoms with Gasteiger partial charge < -0.3 is 10.4 Å². The lowest BCUT2D eigenvalue weighted by Gasteiger charge is -2.28. The van der Waals surface area contributed by atoms with Crippen molar-refractivity contribution in [3.8, 4) is 22.5 Å². The molecule has 1 atom stereocenters. The lowest BCUT2D eigenvalue weighted by Crippen LogP contribution is -2.42. The fourth-order valence-corrected chi connectivity index (χ4v) is 6.43. The highest BCUT2D eigenvalue weighted by atomic mass is 32.2. The van der Waals surface area contributed by atoms with Gasteiger partial charge in [0.25, 0.3) is 5.91 Å². The van der Waals surface area contributed by atoms with Crippen molar-refractivity contribution in [1.82, 2.24) is 15.3 Å². The second-order valence-electron chi connectivity index (χ2n) is 11.6. The molecule has 5 rings (SSSR count). The molecule has 8 nitrogen and oxygen atoms in total. The zero-order valence-electron chi connectivity index (χ0n) is 24.9. The summed E-state index contributed by atoms with van der Waals surface area (Å²) in [5, 5.41) is 12.2. The summed E-state index contributed by atoms with van der Waals surface area (Å²) in [7, 11) is -3.40. The standard InChI is InChI=1S/C35H37N3O5S/c1-3-23-4-8-25(9-5-23)26-12-14-27(15-13-26)30-21-36-33(37-22-30)28-10-6-24(7-11-28)20-32(35(40)41)38-34(39)29-16-18-31(19-17-29)44(2,42)43/h6-7,10-19,21-23,25,32H,3-5,8-9,20H2,1-2H3,(H,38,39)(H,40,41)/t23?,25?,32-/m0/s1. The maximum absolute atomic E-state index is 12.6. The van der Waals surface area contributed by atoms with Crippen LogP contribution in [0.3, 0.4) is 0 Å². The molecule has 1 saturated carbocycles. The zero-order valence-corrected chi connectivity index (χ0v) is 25.8. The predicted octanol–water partition coefficient (Wildman–Crippen LogP) is 6.32. The third kappa shape index (κ3) is 7.58. The van der Waals surface area contributed by atoms with Gasteiger partial charge in [0.05, 0.1) is 4.90 Å². The second-order valence-corrected chi connectivity index (χ2v) is 13.6. The van der Waals surface area contributed by atoms with E-state index in [1.54, 1.807) is 12.1 Å². The lowest BCUT2D eigenvalue weighted by atomic mass is 9.78. The van der Waals surface area contributed by atoms with E-state index in [1.165, 1.54) is 61.9 Å². The molecule has 1 amide bonds. The van der Waals surface area contributed by atoms with Crippen molar-refractivity contribution in [2.24, 2.45) is 5.92 Å². The smallest absolute Gasteiger partial charge is 0.326 e. The molecule has 2 N–H and O–H groups in total. The predicted molar refractivity (Wildman–Crippen MR) is 170 cm³/mol. The van der Waals surface area contributed by atoms with Crippen molar-refractivity contribution in [2.75, 3.05) is 6.26 Å². The number of carboxylic acids is 1. The molecule has 0 bridgehead atoms. The fourth-order valence-electron chi connectivity index (χ4n) is 5.80. The number of aliphatic carboxylic acids is 1. The highest BCUT2D eigenvalue weighted by Crippen LogP contribution is 2.37. The first-order valence-corrected chi connectivity index (χ1v) is 16.9. The largest absolute Gasteiger partial charge is 0.480 e. The van der Waals surface area contributed by atoms with E-state index in [0.29, 0.717) is 17.3 Å². The number of benzene rings is 3. The number of rotatable bonds is 10. The van der Waals surface area contributed by atoms with Crippen molar-refractivity contribution in [3.05, 3.63) is 102 Å². The minimum atomic E-state index is -3.40. The topological polar surface area (TPSA) is 126 Å². The third-order valence-corrected chi connectivity index (χ3v) is 9.72. The lowest BCUT2D eigenvalue weighted by molar-refractivity contribution is -0.139. The Kier molecular flexibility index (Phi) is 9.54. The van der Waals surface area contributed by atoms with Crippen LogP contribution in [0.2, 0.25) is 0 Å². The van der Waals surface area contributed by atoms with Gasteiger partial charge >= 0.3 is 5.97 Å². The molecule has 1 aromatic heterocycles. The van der Waals surface area contributed by atoms with Crippen LogP contribution in [0.15, 0.2) is 90.1 Å². The highest BCUT2D eigenvalue weighted by molar-refractivity contribution is 7.90. The van der Waals surface area contributed by atoms with Crippen LogP contribution in [0.4, 0.5) is 0 Å². The molecule has 1 heterocycles. The molecule has 228 valence electrons. The zero-order chi connectivity index (χ0) is 31.3. The molecule has 1 aliphatic carbocycles. The molecule has 44 heavy (non-hydrogen) atoms. The van der Waals surface area contributed by atoms with Crippen LogP contribution in [-0.2, 0) is 21.1 Å². The summed E-state index contributed by atoms with van der Waals surface area (Å²) in [6, 6.07) is 20.2. The quantitative estimate of drug-likeness (QED) is 0.215. The number of hydrogen-bond donors (Lipinski definition) is 2. The number of nitrogens with one attached hydrogen (secondary N) is 1. The van der Waals surface area contributed by atoms with Crippen LogP contribution < -0.4 is 5.32 Å². The molecule has 0 radical (unpaired) electrons. The Morgan fingerprint density at radius 3 is 1.98 bits per heavy atom. The Bertz CT molecular complexity index is 1690. The first-order chi connectivity index (χ1) is 21.1. The van der Waals surface area contributed by atoms with Gasteiger partial charge in [0.2, 0.25) is 0 Å². The van der Waals surface area contributed by atoms with Gasteiger partial charge in [-0.1, -0.05) is 61.9 Å². The van der Waals surface area contributed by atoms with Crippen LogP contribution in [0.5, 0.6) is 0 Å². The second kappa shape index (κ2) is 13.5. The number of aromatic nitrogens is 2. The summed E-state index contributed by atoms with van der Waals surface area (Å²) < 4.78 is 23.3. The maximum Gasteiger partial charge on any atom is 0.326 e. The minimum Gasteiger partial charge on any atom is -0.480 e. The Morgan fingerprint density at radius 2 is 1.43 bits per heavy atom. The first kappa shape index (κ1) is 31.1. The monoisotopic (exact) mass is 611 g/mol. The highest BCUT2D eigenvalue weighted by Gasteiger charge is 2.23. The summed E-state index contributed by atoms with van der Waals surface area (Å²) in [5.74, 6) is 0.318.